The van der Waals surface area contributed by atoms with Gasteiger partial charge in [-0.25, -0.2) is 0 Å². The zero-order chi connectivity index (χ0) is 22.8. The van der Waals surface area contributed by atoms with Gasteiger partial charge in [0.05, 0.1) is 14.2 Å². The van der Waals surface area contributed by atoms with Gasteiger partial charge in [0.15, 0.2) is 6.61 Å². The number of amides is 2. The number of hydrogen-bond acceptors (Lipinski definition) is 5. The maximum atomic E-state index is 13.1. The largest absolute Gasteiger partial charge is 0.496 e. The second-order valence-corrected chi connectivity index (χ2v) is 7.31. The van der Waals surface area contributed by atoms with Crippen LogP contribution in [0.3, 0.4) is 0 Å². The van der Waals surface area contributed by atoms with E-state index in [2.05, 4.69) is 5.32 Å². The number of ether oxygens (including phenoxy) is 3. The number of carbonyl (C=O) groups excluding carboxylic acids is 2. The van der Waals surface area contributed by atoms with Crippen LogP contribution in [-0.4, -0.2) is 50.1 Å². The highest BCUT2D eigenvalue weighted by Crippen LogP contribution is 2.27. The summed E-state index contributed by atoms with van der Waals surface area (Å²) in [6.07, 6.45) is 0.824. The molecule has 0 heterocycles. The quantitative estimate of drug-likeness (QED) is 0.594. The standard InChI is InChI=1S/C24H32N2O5/c1-6-10-25-24(28)18(3)26(15-19-9-7-8-17(2)11-19)23(27)16-31-22-13-20(29-4)12-21(14-22)30-5/h7-9,11-14,18H,6,10,15-16H2,1-5H3,(H,25,28)/t18-/m1/s1. The van der Waals surface area contributed by atoms with Gasteiger partial charge in [0, 0.05) is 31.3 Å². The lowest BCUT2D eigenvalue weighted by Gasteiger charge is -2.29. The van der Waals surface area contributed by atoms with Gasteiger partial charge < -0.3 is 24.4 Å². The summed E-state index contributed by atoms with van der Waals surface area (Å²) in [6, 6.07) is 12.3. The van der Waals surface area contributed by atoms with Gasteiger partial charge in [-0.1, -0.05) is 36.8 Å². The van der Waals surface area contributed by atoms with E-state index in [1.165, 1.54) is 4.90 Å². The van der Waals surface area contributed by atoms with Crippen LogP contribution >= 0.6 is 0 Å². The molecule has 2 aromatic carbocycles. The molecule has 0 radical (unpaired) electrons. The van der Waals surface area contributed by atoms with Crippen LogP contribution in [0, 0.1) is 6.92 Å². The van der Waals surface area contributed by atoms with E-state index in [1.807, 2.05) is 38.1 Å². The highest BCUT2D eigenvalue weighted by molar-refractivity contribution is 5.87. The van der Waals surface area contributed by atoms with Gasteiger partial charge in [-0.15, -0.1) is 0 Å². The van der Waals surface area contributed by atoms with Crippen molar-refractivity contribution in [3.63, 3.8) is 0 Å². The number of benzene rings is 2. The highest BCUT2D eigenvalue weighted by Gasteiger charge is 2.26. The Hall–Kier alpha value is -3.22. The van der Waals surface area contributed by atoms with E-state index in [0.29, 0.717) is 30.3 Å². The van der Waals surface area contributed by atoms with Crippen LogP contribution in [0.1, 0.15) is 31.4 Å². The van der Waals surface area contributed by atoms with E-state index in [-0.39, 0.29) is 18.4 Å². The molecular weight excluding hydrogens is 396 g/mol. The third-order valence-corrected chi connectivity index (χ3v) is 4.84. The minimum absolute atomic E-state index is 0.189. The molecule has 0 aliphatic rings. The number of nitrogens with one attached hydrogen (secondary N) is 1. The molecule has 2 amide bonds. The number of methoxy groups -OCH3 is 2. The fraction of sp³-hybridized carbons (Fsp3) is 0.417. The molecule has 31 heavy (non-hydrogen) atoms. The lowest BCUT2D eigenvalue weighted by molar-refractivity contribution is -0.142. The number of carbonyl (C=O) groups is 2. The van der Waals surface area contributed by atoms with Crippen molar-refractivity contribution >= 4 is 11.8 Å². The van der Waals surface area contributed by atoms with Crippen molar-refractivity contribution in [3.8, 4) is 17.2 Å². The Morgan fingerprint density at radius 2 is 1.68 bits per heavy atom. The Kier molecular flexibility index (Phi) is 9.18. The van der Waals surface area contributed by atoms with E-state index >= 15 is 0 Å². The van der Waals surface area contributed by atoms with Crippen LogP contribution in [0.4, 0.5) is 0 Å². The Balaban J connectivity index is 2.17. The van der Waals surface area contributed by atoms with Crippen molar-refractivity contribution in [2.24, 2.45) is 0 Å². The lowest BCUT2D eigenvalue weighted by atomic mass is 10.1. The summed E-state index contributed by atoms with van der Waals surface area (Å²) >= 11 is 0. The molecule has 0 aliphatic carbocycles. The van der Waals surface area contributed by atoms with Crippen molar-refractivity contribution in [2.75, 3.05) is 27.4 Å². The van der Waals surface area contributed by atoms with Gasteiger partial charge in [-0.2, -0.15) is 0 Å². The first kappa shape index (κ1) is 24.1. The van der Waals surface area contributed by atoms with Crippen molar-refractivity contribution < 1.29 is 23.8 Å². The molecule has 0 aromatic heterocycles. The lowest BCUT2D eigenvalue weighted by Crippen LogP contribution is -2.49. The first-order valence-corrected chi connectivity index (χ1v) is 10.4. The average molecular weight is 429 g/mol. The van der Waals surface area contributed by atoms with Crippen molar-refractivity contribution in [2.45, 2.75) is 39.8 Å². The second kappa shape index (κ2) is 11.8. The minimum Gasteiger partial charge on any atom is -0.496 e. The summed E-state index contributed by atoms with van der Waals surface area (Å²) in [5, 5.41) is 2.86. The fourth-order valence-corrected chi connectivity index (χ4v) is 3.08. The Labute approximate surface area is 184 Å². The highest BCUT2D eigenvalue weighted by atomic mass is 16.5. The molecule has 0 saturated heterocycles. The van der Waals surface area contributed by atoms with Crippen LogP contribution < -0.4 is 19.5 Å². The van der Waals surface area contributed by atoms with Gasteiger partial charge in [0.1, 0.15) is 23.3 Å². The van der Waals surface area contributed by atoms with E-state index in [0.717, 1.165) is 17.5 Å². The number of hydrogen-bond donors (Lipinski definition) is 1. The third-order valence-electron chi connectivity index (χ3n) is 4.84. The summed E-state index contributed by atoms with van der Waals surface area (Å²) in [5.41, 5.74) is 2.04. The predicted molar refractivity (Wildman–Crippen MR) is 120 cm³/mol. The summed E-state index contributed by atoms with van der Waals surface area (Å²) < 4.78 is 16.2. The molecule has 2 aromatic rings. The second-order valence-electron chi connectivity index (χ2n) is 7.31. The summed E-state index contributed by atoms with van der Waals surface area (Å²) in [5.74, 6) is 1.09. The molecular formula is C24H32N2O5. The fourth-order valence-electron chi connectivity index (χ4n) is 3.08. The minimum atomic E-state index is -0.636. The van der Waals surface area contributed by atoms with Gasteiger partial charge in [-0.3, -0.25) is 9.59 Å². The Morgan fingerprint density at radius 3 is 2.26 bits per heavy atom. The van der Waals surface area contributed by atoms with Crippen molar-refractivity contribution in [1.82, 2.24) is 10.2 Å². The molecule has 168 valence electrons. The molecule has 0 fully saturated rings. The average Bonchev–Trinajstić information content (AvgIpc) is 2.78. The molecule has 7 heteroatoms. The molecule has 0 saturated carbocycles. The van der Waals surface area contributed by atoms with Crippen LogP contribution in [0.25, 0.3) is 0 Å². The molecule has 0 unspecified atom stereocenters. The van der Waals surface area contributed by atoms with E-state index in [9.17, 15) is 9.59 Å². The molecule has 0 spiro atoms. The monoisotopic (exact) mass is 428 g/mol. The van der Waals surface area contributed by atoms with Gasteiger partial charge in [0.2, 0.25) is 5.91 Å². The van der Waals surface area contributed by atoms with E-state index < -0.39 is 6.04 Å². The molecule has 0 bridgehead atoms. The maximum absolute atomic E-state index is 13.1. The SMILES string of the molecule is CCCNC(=O)[C@@H](C)N(Cc1cccc(C)c1)C(=O)COc1cc(OC)cc(OC)c1. The van der Waals surface area contributed by atoms with Crippen LogP contribution in [-0.2, 0) is 16.1 Å². The normalized spacial score (nSPS) is 11.4. The topological polar surface area (TPSA) is 77.1 Å². The summed E-state index contributed by atoms with van der Waals surface area (Å²) in [4.78, 5) is 27.2. The smallest absolute Gasteiger partial charge is 0.261 e. The van der Waals surface area contributed by atoms with Crippen molar-refractivity contribution in [3.05, 3.63) is 53.6 Å². The summed E-state index contributed by atoms with van der Waals surface area (Å²) in [6.45, 7) is 6.37. The summed E-state index contributed by atoms with van der Waals surface area (Å²) in [7, 11) is 3.09. The van der Waals surface area contributed by atoms with Crippen LogP contribution in [0.15, 0.2) is 42.5 Å². The number of rotatable bonds is 11. The molecule has 2 rings (SSSR count). The van der Waals surface area contributed by atoms with E-state index in [4.69, 9.17) is 14.2 Å². The zero-order valence-electron chi connectivity index (χ0n) is 18.9. The first-order valence-electron chi connectivity index (χ1n) is 10.4. The molecule has 1 N–H and O–H groups in total. The predicted octanol–water partition coefficient (Wildman–Crippen LogP) is 3.33. The zero-order valence-corrected chi connectivity index (χ0v) is 18.9. The third kappa shape index (κ3) is 7.20. The van der Waals surface area contributed by atoms with Gasteiger partial charge in [-0.05, 0) is 25.8 Å². The van der Waals surface area contributed by atoms with E-state index in [1.54, 1.807) is 39.3 Å². The first-order chi connectivity index (χ1) is 14.9. The van der Waals surface area contributed by atoms with Crippen LogP contribution in [0.2, 0.25) is 0 Å². The molecule has 0 aliphatic heterocycles. The van der Waals surface area contributed by atoms with Gasteiger partial charge in [0.25, 0.3) is 5.91 Å². The Bertz CT molecular complexity index is 862. The Morgan fingerprint density at radius 1 is 1.03 bits per heavy atom. The number of aryl methyl sites for hydroxylation is 1. The molecule has 7 nitrogen and oxygen atoms in total. The van der Waals surface area contributed by atoms with Gasteiger partial charge >= 0.3 is 0 Å². The van der Waals surface area contributed by atoms with Crippen LogP contribution in [0.5, 0.6) is 17.2 Å². The molecule has 1 atom stereocenters. The maximum Gasteiger partial charge on any atom is 0.261 e. The van der Waals surface area contributed by atoms with Crippen molar-refractivity contribution in [1.29, 1.82) is 0 Å². The number of nitrogens with zero attached hydrogens (tertiary/aromatic N) is 1.